The Morgan fingerprint density at radius 2 is 2.10 bits per heavy atom. The maximum Gasteiger partial charge on any atom is 0.314 e. The number of carbonyl (C=O) groups excluding carboxylic acids is 1. The van der Waals surface area contributed by atoms with Crippen molar-refractivity contribution in [3.63, 3.8) is 0 Å². The first-order valence-electron chi connectivity index (χ1n) is 6.57. The van der Waals surface area contributed by atoms with Crippen LogP contribution in [0, 0.1) is 11.8 Å². The minimum absolute atomic E-state index is 0.128. The minimum atomic E-state index is -0.887. The molecule has 1 atom stereocenters. The molecule has 8 nitrogen and oxygen atoms in total. The van der Waals surface area contributed by atoms with Crippen molar-refractivity contribution in [1.82, 2.24) is 25.6 Å². The number of carboxylic acids is 1. The summed E-state index contributed by atoms with van der Waals surface area (Å²) in [5.74, 6) is -1.18. The summed E-state index contributed by atoms with van der Waals surface area (Å²) in [5, 5.41) is 21.7. The quantitative estimate of drug-likeness (QED) is 0.636. The first-order valence-corrected chi connectivity index (χ1v) is 6.57. The van der Waals surface area contributed by atoms with Crippen LogP contribution in [-0.2, 0) is 11.3 Å². The Morgan fingerprint density at radius 3 is 2.65 bits per heavy atom. The zero-order valence-corrected chi connectivity index (χ0v) is 11.7. The second-order valence-electron chi connectivity index (χ2n) is 4.97. The Hall–Kier alpha value is -2.12. The fraction of sp³-hybridized carbons (Fsp3) is 0.667. The van der Waals surface area contributed by atoms with Gasteiger partial charge in [-0.3, -0.25) is 9.48 Å². The van der Waals surface area contributed by atoms with Crippen molar-refractivity contribution in [2.45, 2.75) is 26.8 Å². The van der Waals surface area contributed by atoms with Crippen molar-refractivity contribution in [3.05, 3.63) is 12.4 Å². The highest BCUT2D eigenvalue weighted by Gasteiger charge is 2.19. The largest absolute Gasteiger partial charge is 0.481 e. The summed E-state index contributed by atoms with van der Waals surface area (Å²) in [4.78, 5) is 22.6. The minimum Gasteiger partial charge on any atom is -0.481 e. The van der Waals surface area contributed by atoms with Gasteiger partial charge >= 0.3 is 12.0 Å². The van der Waals surface area contributed by atoms with Crippen molar-refractivity contribution in [1.29, 1.82) is 0 Å². The number of hydrogen-bond donors (Lipinski definition) is 3. The van der Waals surface area contributed by atoms with Crippen LogP contribution in [0.15, 0.2) is 12.4 Å². The topological polar surface area (TPSA) is 109 Å². The van der Waals surface area contributed by atoms with Gasteiger partial charge in [0.05, 0.1) is 18.7 Å². The summed E-state index contributed by atoms with van der Waals surface area (Å²) in [6, 6.07) is -0.375. The lowest BCUT2D eigenvalue weighted by atomic mass is 9.97. The number of carbonyl (C=O) groups is 2. The third kappa shape index (κ3) is 6.17. The van der Waals surface area contributed by atoms with E-state index in [9.17, 15) is 9.59 Å². The number of amides is 2. The zero-order valence-electron chi connectivity index (χ0n) is 11.7. The van der Waals surface area contributed by atoms with E-state index in [-0.39, 0.29) is 18.5 Å². The van der Waals surface area contributed by atoms with E-state index in [0.29, 0.717) is 19.5 Å². The van der Waals surface area contributed by atoms with Crippen LogP contribution in [0.25, 0.3) is 0 Å². The van der Waals surface area contributed by atoms with E-state index >= 15 is 0 Å². The number of aliphatic carboxylic acids is 1. The number of rotatable bonds is 8. The molecule has 0 spiro atoms. The highest BCUT2D eigenvalue weighted by atomic mass is 16.4. The van der Waals surface area contributed by atoms with Crippen LogP contribution in [0.5, 0.6) is 0 Å². The van der Waals surface area contributed by atoms with Gasteiger partial charge in [0.15, 0.2) is 0 Å². The van der Waals surface area contributed by atoms with Crippen molar-refractivity contribution in [2.24, 2.45) is 11.8 Å². The summed E-state index contributed by atoms with van der Waals surface area (Å²) in [6.45, 7) is 4.95. The molecule has 0 aliphatic rings. The van der Waals surface area contributed by atoms with Gasteiger partial charge in [-0.15, -0.1) is 5.10 Å². The van der Waals surface area contributed by atoms with Crippen LogP contribution in [0.2, 0.25) is 0 Å². The standard InChI is InChI=1S/C12H21N5O3/c1-9(2)7-10(11(18)19)8-14-12(20)13-3-5-17-6-4-15-16-17/h4,6,9-10H,3,5,7-8H2,1-2H3,(H,18,19)(H2,13,14,20). The summed E-state index contributed by atoms with van der Waals surface area (Å²) in [5.41, 5.74) is 0. The number of nitrogens with one attached hydrogen (secondary N) is 2. The van der Waals surface area contributed by atoms with Gasteiger partial charge < -0.3 is 15.7 Å². The predicted octanol–water partition coefficient (Wildman–Crippen LogP) is 0.324. The molecule has 0 aliphatic carbocycles. The highest BCUT2D eigenvalue weighted by Crippen LogP contribution is 2.10. The number of aromatic nitrogens is 3. The molecule has 0 saturated carbocycles. The highest BCUT2D eigenvalue weighted by molar-refractivity contribution is 5.75. The molecule has 1 aromatic heterocycles. The molecule has 1 heterocycles. The van der Waals surface area contributed by atoms with E-state index in [2.05, 4.69) is 20.9 Å². The van der Waals surface area contributed by atoms with E-state index in [0.717, 1.165) is 0 Å². The average molecular weight is 283 g/mol. The lowest BCUT2D eigenvalue weighted by molar-refractivity contribution is -0.142. The van der Waals surface area contributed by atoms with Crippen LogP contribution in [0.3, 0.4) is 0 Å². The SMILES string of the molecule is CC(C)CC(CNC(=O)NCCn1ccnn1)C(=O)O. The molecule has 8 heteroatoms. The van der Waals surface area contributed by atoms with Gasteiger partial charge in [-0.25, -0.2) is 4.79 Å². The lowest BCUT2D eigenvalue weighted by Gasteiger charge is -2.15. The predicted molar refractivity (Wildman–Crippen MR) is 72.0 cm³/mol. The maximum atomic E-state index is 11.5. The normalized spacial score (nSPS) is 12.2. The van der Waals surface area contributed by atoms with E-state index in [1.807, 2.05) is 13.8 Å². The molecule has 0 radical (unpaired) electrons. The van der Waals surface area contributed by atoms with E-state index in [1.165, 1.54) is 0 Å². The van der Waals surface area contributed by atoms with Crippen LogP contribution >= 0.6 is 0 Å². The molecule has 0 saturated heterocycles. The van der Waals surface area contributed by atoms with Crippen LogP contribution in [-0.4, -0.2) is 45.2 Å². The molecule has 112 valence electrons. The summed E-state index contributed by atoms with van der Waals surface area (Å²) in [7, 11) is 0. The molecular weight excluding hydrogens is 262 g/mol. The van der Waals surface area contributed by atoms with Crippen molar-refractivity contribution < 1.29 is 14.7 Å². The molecule has 20 heavy (non-hydrogen) atoms. The summed E-state index contributed by atoms with van der Waals surface area (Å²) in [6.07, 6.45) is 3.79. The van der Waals surface area contributed by atoms with Gasteiger partial charge in [-0.2, -0.15) is 0 Å². The lowest BCUT2D eigenvalue weighted by Crippen LogP contribution is -2.41. The van der Waals surface area contributed by atoms with E-state index < -0.39 is 11.9 Å². The Labute approximate surface area is 117 Å². The third-order valence-corrected chi connectivity index (χ3v) is 2.71. The van der Waals surface area contributed by atoms with Crippen molar-refractivity contribution >= 4 is 12.0 Å². The third-order valence-electron chi connectivity index (χ3n) is 2.71. The molecule has 2 amide bonds. The van der Waals surface area contributed by atoms with Gasteiger partial charge in [0.2, 0.25) is 0 Å². The fourth-order valence-electron chi connectivity index (χ4n) is 1.75. The second-order valence-corrected chi connectivity index (χ2v) is 4.97. The molecule has 0 aliphatic heterocycles. The number of urea groups is 1. The van der Waals surface area contributed by atoms with Gasteiger partial charge in [0.25, 0.3) is 0 Å². The van der Waals surface area contributed by atoms with Crippen LogP contribution in [0.1, 0.15) is 20.3 Å². The monoisotopic (exact) mass is 283 g/mol. The molecule has 3 N–H and O–H groups in total. The Kier molecular flexibility index (Phi) is 6.48. The average Bonchev–Trinajstić information content (AvgIpc) is 2.86. The Morgan fingerprint density at radius 1 is 1.35 bits per heavy atom. The number of hydrogen-bond acceptors (Lipinski definition) is 4. The van der Waals surface area contributed by atoms with Crippen molar-refractivity contribution in [3.8, 4) is 0 Å². The molecule has 1 aromatic rings. The molecular formula is C12H21N5O3. The van der Waals surface area contributed by atoms with Gasteiger partial charge in [-0.05, 0) is 12.3 Å². The second kappa shape index (κ2) is 8.13. The Balaban J connectivity index is 2.22. The molecule has 1 unspecified atom stereocenters. The summed E-state index contributed by atoms with van der Waals surface area (Å²) >= 11 is 0. The van der Waals surface area contributed by atoms with Gasteiger partial charge in [0.1, 0.15) is 0 Å². The van der Waals surface area contributed by atoms with E-state index in [1.54, 1.807) is 17.1 Å². The maximum absolute atomic E-state index is 11.5. The van der Waals surface area contributed by atoms with Crippen molar-refractivity contribution in [2.75, 3.05) is 13.1 Å². The van der Waals surface area contributed by atoms with Gasteiger partial charge in [-0.1, -0.05) is 19.1 Å². The smallest absolute Gasteiger partial charge is 0.314 e. The van der Waals surface area contributed by atoms with Crippen LogP contribution in [0.4, 0.5) is 4.79 Å². The van der Waals surface area contributed by atoms with Crippen LogP contribution < -0.4 is 10.6 Å². The fourth-order valence-corrected chi connectivity index (χ4v) is 1.75. The molecule has 0 bridgehead atoms. The number of carboxylic acid groups (broad SMARTS) is 1. The van der Waals surface area contributed by atoms with E-state index in [4.69, 9.17) is 5.11 Å². The number of nitrogens with zero attached hydrogens (tertiary/aromatic N) is 3. The zero-order chi connectivity index (χ0) is 15.0. The van der Waals surface area contributed by atoms with Gasteiger partial charge in [0, 0.05) is 19.3 Å². The Bertz CT molecular complexity index is 419. The molecule has 1 rings (SSSR count). The molecule has 0 fully saturated rings. The summed E-state index contributed by atoms with van der Waals surface area (Å²) < 4.78 is 1.60. The first kappa shape index (κ1) is 15.9. The molecule has 0 aromatic carbocycles. The first-order chi connectivity index (χ1) is 9.49.